The molecule has 0 radical (unpaired) electrons. The second-order valence-corrected chi connectivity index (χ2v) is 3.82. The van der Waals surface area contributed by atoms with Gasteiger partial charge in [0.2, 0.25) is 0 Å². The van der Waals surface area contributed by atoms with E-state index in [0.29, 0.717) is 0 Å². The van der Waals surface area contributed by atoms with Crippen molar-refractivity contribution in [2.24, 2.45) is 0 Å². The molecule has 2 heteroatoms. The van der Waals surface area contributed by atoms with Gasteiger partial charge in [-0.05, 0) is 38.0 Å². The highest BCUT2D eigenvalue weighted by molar-refractivity contribution is 5.82. The number of hydrogen-bond acceptors (Lipinski definition) is 1. The number of fused-ring (bicyclic) bond motifs is 1. The molecule has 0 aliphatic heterocycles. The summed E-state index contributed by atoms with van der Waals surface area (Å²) in [6.45, 7) is 5.93. The van der Waals surface area contributed by atoms with Gasteiger partial charge < -0.3 is 4.98 Å². The van der Waals surface area contributed by atoms with E-state index in [9.17, 15) is 4.79 Å². The molecular formula is C12H13NO. The normalized spacial score (nSPS) is 10.8. The minimum atomic E-state index is 0.100. The number of nitrogens with one attached hydrogen (secondary N) is 1. The summed E-state index contributed by atoms with van der Waals surface area (Å²) in [5, 5.41) is 0.785. The molecule has 0 bridgehead atoms. The Balaban J connectivity index is 3.02. The van der Waals surface area contributed by atoms with Crippen LogP contribution in [-0.4, -0.2) is 4.98 Å². The quantitative estimate of drug-likeness (QED) is 0.675. The highest BCUT2D eigenvalue weighted by Crippen LogP contribution is 2.15. The predicted octanol–water partition coefficient (Wildman–Crippen LogP) is 2.45. The molecule has 1 aromatic carbocycles. The monoisotopic (exact) mass is 187 g/mol. The summed E-state index contributed by atoms with van der Waals surface area (Å²) in [4.78, 5) is 14.9. The highest BCUT2D eigenvalue weighted by Gasteiger charge is 2.03. The number of hydrogen-bond donors (Lipinski definition) is 1. The van der Waals surface area contributed by atoms with E-state index in [2.05, 4.69) is 11.1 Å². The fourth-order valence-electron chi connectivity index (χ4n) is 1.84. The Morgan fingerprint density at radius 2 is 1.79 bits per heavy atom. The lowest BCUT2D eigenvalue weighted by Gasteiger charge is -2.04. The van der Waals surface area contributed by atoms with Gasteiger partial charge in [-0.3, -0.25) is 4.79 Å². The second kappa shape index (κ2) is 2.98. The van der Waals surface area contributed by atoms with E-state index in [4.69, 9.17) is 0 Å². The molecule has 1 N–H and O–H groups in total. The Hall–Kier alpha value is -1.57. The smallest absolute Gasteiger partial charge is 0.189 e. The van der Waals surface area contributed by atoms with Crippen LogP contribution in [0.2, 0.25) is 0 Å². The Labute approximate surface area is 82.6 Å². The van der Waals surface area contributed by atoms with Gasteiger partial charge >= 0.3 is 0 Å². The first-order chi connectivity index (χ1) is 6.58. The van der Waals surface area contributed by atoms with Crippen LogP contribution in [0.1, 0.15) is 16.8 Å². The fraction of sp³-hybridized carbons (Fsp3) is 0.250. The van der Waals surface area contributed by atoms with E-state index in [1.54, 1.807) is 6.07 Å². The summed E-state index contributed by atoms with van der Waals surface area (Å²) in [5.74, 6) is 0. The molecule has 2 nitrogen and oxygen atoms in total. The zero-order valence-electron chi connectivity index (χ0n) is 8.64. The van der Waals surface area contributed by atoms with Crippen molar-refractivity contribution in [3.05, 3.63) is 45.2 Å². The molecule has 0 unspecified atom stereocenters. The molecule has 0 amide bonds. The third-order valence-corrected chi connectivity index (χ3v) is 2.42. The number of aryl methyl sites for hydroxylation is 3. The fourth-order valence-corrected chi connectivity index (χ4v) is 1.84. The average molecular weight is 187 g/mol. The van der Waals surface area contributed by atoms with Crippen LogP contribution in [0.15, 0.2) is 23.0 Å². The van der Waals surface area contributed by atoms with Crippen molar-refractivity contribution in [1.82, 2.24) is 4.98 Å². The molecule has 0 aliphatic rings. The Bertz CT molecular complexity index is 552. The van der Waals surface area contributed by atoms with Crippen molar-refractivity contribution in [2.45, 2.75) is 20.8 Å². The van der Waals surface area contributed by atoms with Gasteiger partial charge in [0, 0.05) is 17.1 Å². The summed E-state index contributed by atoms with van der Waals surface area (Å²) >= 11 is 0. The molecule has 0 atom stereocenters. The Morgan fingerprint density at radius 1 is 1.07 bits per heavy atom. The molecule has 2 rings (SSSR count). The molecule has 2 aromatic rings. The second-order valence-electron chi connectivity index (χ2n) is 3.82. The van der Waals surface area contributed by atoms with E-state index in [-0.39, 0.29) is 5.43 Å². The zero-order chi connectivity index (χ0) is 10.3. The van der Waals surface area contributed by atoms with E-state index in [1.165, 1.54) is 0 Å². The summed E-state index contributed by atoms with van der Waals surface area (Å²) in [5.41, 5.74) is 4.23. The molecule has 0 saturated carbocycles. The summed E-state index contributed by atoms with van der Waals surface area (Å²) in [6.07, 6.45) is 0. The van der Waals surface area contributed by atoms with Gasteiger partial charge in [-0.2, -0.15) is 0 Å². The Morgan fingerprint density at radius 3 is 2.50 bits per heavy atom. The van der Waals surface area contributed by atoms with Crippen LogP contribution >= 0.6 is 0 Å². The number of aromatic nitrogens is 1. The molecular weight excluding hydrogens is 174 g/mol. The van der Waals surface area contributed by atoms with Crippen molar-refractivity contribution < 1.29 is 0 Å². The zero-order valence-corrected chi connectivity index (χ0v) is 8.64. The van der Waals surface area contributed by atoms with Crippen LogP contribution in [0, 0.1) is 20.8 Å². The van der Waals surface area contributed by atoms with Gasteiger partial charge in [0.05, 0.1) is 5.52 Å². The van der Waals surface area contributed by atoms with Gasteiger partial charge in [-0.25, -0.2) is 0 Å². The third kappa shape index (κ3) is 1.33. The lowest BCUT2D eigenvalue weighted by molar-refractivity contribution is 1.22. The first-order valence-corrected chi connectivity index (χ1v) is 4.69. The van der Waals surface area contributed by atoms with Gasteiger partial charge in [0.1, 0.15) is 0 Å². The first-order valence-electron chi connectivity index (χ1n) is 4.69. The Kier molecular flexibility index (Phi) is 1.92. The maximum absolute atomic E-state index is 11.7. The van der Waals surface area contributed by atoms with Crippen molar-refractivity contribution in [3.8, 4) is 0 Å². The van der Waals surface area contributed by atoms with E-state index in [0.717, 1.165) is 27.7 Å². The molecule has 0 aliphatic carbocycles. The van der Waals surface area contributed by atoms with Crippen molar-refractivity contribution in [2.75, 3.05) is 0 Å². The summed E-state index contributed by atoms with van der Waals surface area (Å²) < 4.78 is 0. The number of benzene rings is 1. The van der Waals surface area contributed by atoms with Crippen LogP contribution in [0.5, 0.6) is 0 Å². The van der Waals surface area contributed by atoms with Crippen molar-refractivity contribution >= 4 is 10.9 Å². The van der Waals surface area contributed by atoms with Crippen LogP contribution in [0.4, 0.5) is 0 Å². The summed E-state index contributed by atoms with van der Waals surface area (Å²) in [7, 11) is 0. The van der Waals surface area contributed by atoms with Crippen LogP contribution in [-0.2, 0) is 0 Å². The number of aromatic amines is 1. The molecule has 0 saturated heterocycles. The lowest BCUT2D eigenvalue weighted by Crippen LogP contribution is -2.04. The van der Waals surface area contributed by atoms with Gasteiger partial charge in [-0.15, -0.1) is 0 Å². The van der Waals surface area contributed by atoms with E-state index in [1.807, 2.05) is 26.8 Å². The van der Waals surface area contributed by atoms with E-state index < -0.39 is 0 Å². The molecule has 72 valence electrons. The minimum Gasteiger partial charge on any atom is -0.358 e. The SMILES string of the molecule is Cc1cc(C)c2[nH]c(C)cc(=O)c2c1. The van der Waals surface area contributed by atoms with Crippen LogP contribution in [0.25, 0.3) is 10.9 Å². The van der Waals surface area contributed by atoms with Crippen LogP contribution < -0.4 is 5.43 Å². The van der Waals surface area contributed by atoms with Crippen LogP contribution in [0.3, 0.4) is 0 Å². The molecule has 1 heterocycles. The third-order valence-electron chi connectivity index (χ3n) is 2.42. The number of rotatable bonds is 0. The molecule has 0 fully saturated rings. The molecule has 1 aromatic heterocycles. The maximum atomic E-state index is 11.7. The number of H-pyrrole nitrogens is 1. The molecule has 14 heavy (non-hydrogen) atoms. The van der Waals surface area contributed by atoms with Gasteiger partial charge in [0.15, 0.2) is 5.43 Å². The largest absolute Gasteiger partial charge is 0.358 e. The lowest BCUT2D eigenvalue weighted by atomic mass is 10.1. The first kappa shape index (κ1) is 9.00. The van der Waals surface area contributed by atoms with E-state index >= 15 is 0 Å². The predicted molar refractivity (Wildman–Crippen MR) is 58.8 cm³/mol. The number of pyridine rings is 1. The van der Waals surface area contributed by atoms with Crippen molar-refractivity contribution in [1.29, 1.82) is 0 Å². The maximum Gasteiger partial charge on any atom is 0.189 e. The van der Waals surface area contributed by atoms with Gasteiger partial charge in [-0.1, -0.05) is 6.07 Å². The minimum absolute atomic E-state index is 0.100. The van der Waals surface area contributed by atoms with Gasteiger partial charge in [0.25, 0.3) is 0 Å². The highest BCUT2D eigenvalue weighted by atomic mass is 16.1. The topological polar surface area (TPSA) is 32.9 Å². The van der Waals surface area contributed by atoms with Crippen molar-refractivity contribution in [3.63, 3.8) is 0 Å². The average Bonchev–Trinajstić information content (AvgIpc) is 2.07. The molecule has 0 spiro atoms. The summed E-state index contributed by atoms with van der Waals surface area (Å²) in [6, 6.07) is 5.65. The standard InChI is InChI=1S/C12H13NO/c1-7-4-8(2)12-10(5-7)11(14)6-9(3)13-12/h4-6H,1-3H3,(H,13,14).